The van der Waals surface area contributed by atoms with Gasteiger partial charge < -0.3 is 25.0 Å². The van der Waals surface area contributed by atoms with Crippen molar-refractivity contribution in [2.24, 2.45) is 0 Å². The van der Waals surface area contributed by atoms with Crippen molar-refractivity contribution in [3.63, 3.8) is 0 Å². The Morgan fingerprint density at radius 3 is 2.60 bits per heavy atom. The predicted octanol–water partition coefficient (Wildman–Crippen LogP) is 1.47. The van der Waals surface area contributed by atoms with Crippen molar-refractivity contribution in [2.45, 2.75) is 0 Å². The molecular formula is C17H21N5O3. The largest absolute Gasteiger partial charge is 0.486 e. The lowest BCUT2D eigenvalue weighted by atomic mass is 10.2. The summed E-state index contributed by atoms with van der Waals surface area (Å²) in [5.41, 5.74) is 1.01. The number of carbonyl (C=O) groups is 1. The van der Waals surface area contributed by atoms with Crippen LogP contribution in [0.3, 0.4) is 0 Å². The van der Waals surface area contributed by atoms with Crippen LogP contribution in [-0.4, -0.2) is 61.2 Å². The lowest BCUT2D eigenvalue weighted by Gasteiger charge is -2.19. The number of fused-ring (bicyclic) bond motifs is 1. The molecule has 1 aromatic carbocycles. The number of hydrogen-bond donors (Lipinski definition) is 2. The molecule has 1 aliphatic heterocycles. The monoisotopic (exact) mass is 343 g/mol. The van der Waals surface area contributed by atoms with Gasteiger partial charge in [-0.05, 0) is 26.2 Å². The Hall–Kier alpha value is -2.87. The molecule has 0 saturated heterocycles. The summed E-state index contributed by atoms with van der Waals surface area (Å²) < 4.78 is 11.0. The topological polar surface area (TPSA) is 88.6 Å². The van der Waals surface area contributed by atoms with Gasteiger partial charge in [0, 0.05) is 37.2 Å². The van der Waals surface area contributed by atoms with E-state index in [4.69, 9.17) is 9.47 Å². The van der Waals surface area contributed by atoms with Crippen LogP contribution < -0.4 is 20.1 Å². The van der Waals surface area contributed by atoms with E-state index in [0.29, 0.717) is 41.9 Å². The molecule has 1 aromatic heterocycles. The van der Waals surface area contributed by atoms with E-state index in [9.17, 15) is 4.79 Å². The van der Waals surface area contributed by atoms with Gasteiger partial charge in [-0.3, -0.25) is 4.79 Å². The van der Waals surface area contributed by atoms with E-state index < -0.39 is 0 Å². The first-order chi connectivity index (χ1) is 12.1. The summed E-state index contributed by atoms with van der Waals surface area (Å²) in [6, 6.07) is 5.28. The number of aromatic nitrogens is 2. The number of rotatable bonds is 6. The highest BCUT2D eigenvalue weighted by Crippen LogP contribution is 2.32. The van der Waals surface area contributed by atoms with Crippen molar-refractivity contribution >= 4 is 17.5 Å². The normalized spacial score (nSPS) is 12.8. The van der Waals surface area contributed by atoms with Gasteiger partial charge in [0.05, 0.1) is 5.56 Å². The summed E-state index contributed by atoms with van der Waals surface area (Å²) >= 11 is 0. The van der Waals surface area contributed by atoms with Gasteiger partial charge in [0.1, 0.15) is 13.2 Å². The van der Waals surface area contributed by atoms with Crippen LogP contribution in [0.25, 0.3) is 0 Å². The van der Waals surface area contributed by atoms with Gasteiger partial charge >= 0.3 is 0 Å². The summed E-state index contributed by atoms with van der Waals surface area (Å²) in [7, 11) is 3.99. The third kappa shape index (κ3) is 4.57. The minimum atomic E-state index is -0.281. The zero-order chi connectivity index (χ0) is 17.6. The van der Waals surface area contributed by atoms with Gasteiger partial charge in [-0.25, -0.2) is 9.97 Å². The molecule has 2 heterocycles. The van der Waals surface area contributed by atoms with Crippen LogP contribution in [0.4, 0.5) is 11.6 Å². The SMILES string of the molecule is CN(C)CCNc1ncc(C(=O)Nc2ccc3c(c2)OCCO3)cn1. The summed E-state index contributed by atoms with van der Waals surface area (Å²) in [5, 5.41) is 5.90. The summed E-state index contributed by atoms with van der Waals surface area (Å²) in [4.78, 5) is 22.7. The molecule has 0 radical (unpaired) electrons. The Kier molecular flexibility index (Phi) is 5.30. The van der Waals surface area contributed by atoms with Crippen LogP contribution in [-0.2, 0) is 0 Å². The van der Waals surface area contributed by atoms with Crippen LogP contribution in [0.5, 0.6) is 11.5 Å². The standard InChI is InChI=1S/C17H21N5O3/c1-22(2)6-5-18-17-19-10-12(11-20-17)16(23)21-13-3-4-14-15(9-13)25-8-7-24-14/h3-4,9-11H,5-8H2,1-2H3,(H,21,23)(H,18,19,20). The molecule has 8 nitrogen and oxygen atoms in total. The first-order valence-corrected chi connectivity index (χ1v) is 8.03. The van der Waals surface area contributed by atoms with Crippen molar-refractivity contribution in [1.29, 1.82) is 0 Å². The van der Waals surface area contributed by atoms with E-state index in [1.807, 2.05) is 14.1 Å². The molecule has 0 atom stereocenters. The van der Waals surface area contributed by atoms with Gasteiger partial charge in [0.15, 0.2) is 11.5 Å². The second kappa shape index (κ2) is 7.80. The zero-order valence-corrected chi connectivity index (χ0v) is 14.3. The van der Waals surface area contributed by atoms with E-state index in [-0.39, 0.29) is 5.91 Å². The maximum absolute atomic E-state index is 12.3. The molecular weight excluding hydrogens is 322 g/mol. The molecule has 0 unspecified atom stereocenters. The Morgan fingerprint density at radius 1 is 1.16 bits per heavy atom. The number of nitrogens with one attached hydrogen (secondary N) is 2. The summed E-state index contributed by atoms with van der Waals surface area (Å²) in [5.74, 6) is 1.52. The molecule has 25 heavy (non-hydrogen) atoms. The lowest BCUT2D eigenvalue weighted by molar-refractivity contribution is 0.102. The molecule has 2 N–H and O–H groups in total. The lowest BCUT2D eigenvalue weighted by Crippen LogP contribution is -2.21. The average Bonchev–Trinajstić information content (AvgIpc) is 2.62. The molecule has 1 aliphatic rings. The molecule has 0 bridgehead atoms. The molecule has 0 aliphatic carbocycles. The van der Waals surface area contributed by atoms with Crippen molar-refractivity contribution in [1.82, 2.24) is 14.9 Å². The van der Waals surface area contributed by atoms with Crippen LogP contribution >= 0.6 is 0 Å². The molecule has 132 valence electrons. The van der Waals surface area contributed by atoms with Gasteiger partial charge in [0.2, 0.25) is 5.95 Å². The number of nitrogens with zero attached hydrogens (tertiary/aromatic N) is 3. The number of anilines is 2. The van der Waals surface area contributed by atoms with Crippen molar-refractivity contribution in [3.8, 4) is 11.5 Å². The number of likely N-dealkylation sites (N-methyl/N-ethyl adjacent to an activating group) is 1. The summed E-state index contributed by atoms with van der Waals surface area (Å²) in [6.07, 6.45) is 3.00. The Bertz CT molecular complexity index is 734. The molecule has 8 heteroatoms. The van der Waals surface area contributed by atoms with E-state index >= 15 is 0 Å². The Morgan fingerprint density at radius 2 is 1.88 bits per heavy atom. The minimum Gasteiger partial charge on any atom is -0.486 e. The van der Waals surface area contributed by atoms with Crippen LogP contribution in [0.15, 0.2) is 30.6 Å². The highest BCUT2D eigenvalue weighted by molar-refractivity contribution is 6.04. The van der Waals surface area contributed by atoms with Crippen molar-refractivity contribution in [2.75, 3.05) is 51.0 Å². The van der Waals surface area contributed by atoms with E-state index in [1.165, 1.54) is 12.4 Å². The predicted molar refractivity (Wildman–Crippen MR) is 94.5 cm³/mol. The highest BCUT2D eigenvalue weighted by atomic mass is 16.6. The van der Waals surface area contributed by atoms with Gasteiger partial charge in [-0.15, -0.1) is 0 Å². The number of amides is 1. The van der Waals surface area contributed by atoms with Gasteiger partial charge in [-0.1, -0.05) is 0 Å². The fourth-order valence-corrected chi connectivity index (χ4v) is 2.25. The number of hydrogen-bond acceptors (Lipinski definition) is 7. The molecule has 3 rings (SSSR count). The number of carbonyl (C=O) groups excluding carboxylic acids is 1. The van der Waals surface area contributed by atoms with Crippen LogP contribution in [0.1, 0.15) is 10.4 Å². The van der Waals surface area contributed by atoms with E-state index in [1.54, 1.807) is 18.2 Å². The molecule has 0 saturated carbocycles. The smallest absolute Gasteiger partial charge is 0.258 e. The number of ether oxygens (including phenoxy) is 2. The third-order valence-corrected chi connectivity index (χ3v) is 3.56. The minimum absolute atomic E-state index is 0.281. The first kappa shape index (κ1) is 17.0. The molecule has 1 amide bonds. The average molecular weight is 343 g/mol. The zero-order valence-electron chi connectivity index (χ0n) is 14.3. The van der Waals surface area contributed by atoms with Crippen molar-refractivity contribution < 1.29 is 14.3 Å². The van der Waals surface area contributed by atoms with Gasteiger partial charge in [-0.2, -0.15) is 0 Å². The maximum Gasteiger partial charge on any atom is 0.258 e. The highest BCUT2D eigenvalue weighted by Gasteiger charge is 2.14. The van der Waals surface area contributed by atoms with Crippen LogP contribution in [0, 0.1) is 0 Å². The van der Waals surface area contributed by atoms with Crippen LogP contribution in [0.2, 0.25) is 0 Å². The summed E-state index contributed by atoms with van der Waals surface area (Å²) in [6.45, 7) is 2.64. The molecule has 0 fully saturated rings. The second-order valence-corrected chi connectivity index (χ2v) is 5.84. The first-order valence-electron chi connectivity index (χ1n) is 8.03. The van der Waals surface area contributed by atoms with Crippen molar-refractivity contribution in [3.05, 3.63) is 36.2 Å². The molecule has 0 spiro atoms. The Balaban J connectivity index is 1.59. The second-order valence-electron chi connectivity index (χ2n) is 5.84. The molecule has 2 aromatic rings. The Labute approximate surface area is 146 Å². The fourth-order valence-electron chi connectivity index (χ4n) is 2.25. The fraction of sp³-hybridized carbons (Fsp3) is 0.353. The van der Waals surface area contributed by atoms with E-state index in [2.05, 4.69) is 25.5 Å². The number of benzene rings is 1. The van der Waals surface area contributed by atoms with E-state index in [0.717, 1.165) is 13.1 Å². The quantitative estimate of drug-likeness (QED) is 0.821. The third-order valence-electron chi connectivity index (χ3n) is 3.56. The maximum atomic E-state index is 12.3. The van der Waals surface area contributed by atoms with Gasteiger partial charge in [0.25, 0.3) is 5.91 Å².